The van der Waals surface area contributed by atoms with Crippen LogP contribution in [0.4, 0.5) is 0 Å². The maximum absolute atomic E-state index is 5.80. The third kappa shape index (κ3) is 4.64. The number of thioether (sulfide) groups is 1. The second-order valence-electron chi connectivity index (χ2n) is 3.41. The van der Waals surface area contributed by atoms with Crippen LogP contribution in [-0.2, 0) is 4.74 Å². The SMILES string of the molecule is COCCCSc1cc([C@@H](C)N)ccn1. The molecule has 2 N–H and O–H groups in total. The summed E-state index contributed by atoms with van der Waals surface area (Å²) in [5, 5.41) is 1.04. The highest BCUT2D eigenvalue weighted by molar-refractivity contribution is 7.99. The molecule has 0 bridgehead atoms. The molecule has 0 aromatic carbocycles. The number of hydrogen-bond donors (Lipinski definition) is 1. The van der Waals surface area contributed by atoms with Crippen molar-refractivity contribution in [2.75, 3.05) is 19.5 Å². The van der Waals surface area contributed by atoms with Crippen molar-refractivity contribution in [1.29, 1.82) is 0 Å². The van der Waals surface area contributed by atoms with Gasteiger partial charge in [0.05, 0.1) is 5.03 Å². The van der Waals surface area contributed by atoms with E-state index in [0.717, 1.165) is 29.4 Å². The van der Waals surface area contributed by atoms with Crippen LogP contribution >= 0.6 is 11.8 Å². The fraction of sp³-hybridized carbons (Fsp3) is 0.545. The molecule has 0 fully saturated rings. The number of nitrogens with zero attached hydrogens (tertiary/aromatic N) is 1. The molecule has 3 nitrogen and oxygen atoms in total. The van der Waals surface area contributed by atoms with Crippen molar-refractivity contribution in [2.24, 2.45) is 5.73 Å². The number of pyridine rings is 1. The quantitative estimate of drug-likeness (QED) is 0.597. The molecule has 1 atom stereocenters. The van der Waals surface area contributed by atoms with E-state index in [0.29, 0.717) is 0 Å². The lowest BCUT2D eigenvalue weighted by Crippen LogP contribution is -2.05. The van der Waals surface area contributed by atoms with Crippen LogP contribution in [0.1, 0.15) is 24.9 Å². The second-order valence-corrected chi connectivity index (χ2v) is 4.53. The van der Waals surface area contributed by atoms with Crippen molar-refractivity contribution in [3.05, 3.63) is 23.9 Å². The molecule has 0 unspecified atom stereocenters. The first-order valence-corrected chi connectivity index (χ1v) is 6.06. The van der Waals surface area contributed by atoms with Crippen LogP contribution in [-0.4, -0.2) is 24.5 Å². The fourth-order valence-corrected chi connectivity index (χ4v) is 1.99. The lowest BCUT2D eigenvalue weighted by Gasteiger charge is -2.06. The highest BCUT2D eigenvalue weighted by Gasteiger charge is 2.01. The maximum Gasteiger partial charge on any atom is 0.0963 e. The average Bonchev–Trinajstić information content (AvgIpc) is 2.25. The van der Waals surface area contributed by atoms with Gasteiger partial charge in [0.2, 0.25) is 0 Å². The van der Waals surface area contributed by atoms with Gasteiger partial charge in [-0.3, -0.25) is 0 Å². The van der Waals surface area contributed by atoms with Crippen molar-refractivity contribution in [1.82, 2.24) is 4.98 Å². The van der Waals surface area contributed by atoms with E-state index < -0.39 is 0 Å². The molecular weight excluding hydrogens is 208 g/mol. The molecule has 0 radical (unpaired) electrons. The van der Waals surface area contributed by atoms with Gasteiger partial charge in [-0.25, -0.2) is 4.98 Å². The first-order valence-electron chi connectivity index (χ1n) is 5.07. The number of nitrogens with two attached hydrogens (primary N) is 1. The van der Waals surface area contributed by atoms with Gasteiger partial charge in [0.1, 0.15) is 0 Å². The Hall–Kier alpha value is -0.580. The zero-order chi connectivity index (χ0) is 11.1. The van der Waals surface area contributed by atoms with Crippen molar-refractivity contribution in [2.45, 2.75) is 24.4 Å². The molecule has 0 saturated heterocycles. The minimum atomic E-state index is 0.0753. The molecule has 0 aliphatic heterocycles. The number of methoxy groups -OCH3 is 1. The van der Waals surface area contributed by atoms with Crippen LogP contribution in [0.15, 0.2) is 23.4 Å². The van der Waals surface area contributed by atoms with E-state index in [2.05, 4.69) is 11.1 Å². The zero-order valence-electron chi connectivity index (χ0n) is 9.27. The Morgan fingerprint density at radius 1 is 1.60 bits per heavy atom. The summed E-state index contributed by atoms with van der Waals surface area (Å²) in [6.07, 6.45) is 2.86. The Bertz CT molecular complexity index is 292. The van der Waals surface area contributed by atoms with Crippen LogP contribution in [0, 0.1) is 0 Å². The average molecular weight is 226 g/mol. The molecule has 15 heavy (non-hydrogen) atoms. The minimum Gasteiger partial charge on any atom is -0.385 e. The van der Waals surface area contributed by atoms with Crippen molar-refractivity contribution in [3.8, 4) is 0 Å². The van der Waals surface area contributed by atoms with Crippen LogP contribution < -0.4 is 5.73 Å². The first kappa shape index (κ1) is 12.5. The summed E-state index contributed by atoms with van der Waals surface area (Å²) in [6, 6.07) is 4.10. The summed E-state index contributed by atoms with van der Waals surface area (Å²) < 4.78 is 4.99. The van der Waals surface area contributed by atoms with E-state index in [1.807, 2.05) is 19.2 Å². The molecular formula is C11H18N2OS. The van der Waals surface area contributed by atoms with Crippen molar-refractivity contribution in [3.63, 3.8) is 0 Å². The van der Waals surface area contributed by atoms with E-state index in [-0.39, 0.29) is 6.04 Å². The van der Waals surface area contributed by atoms with E-state index in [1.165, 1.54) is 0 Å². The summed E-state index contributed by atoms with van der Waals surface area (Å²) in [4.78, 5) is 4.29. The fourth-order valence-electron chi connectivity index (χ4n) is 1.17. The van der Waals surface area contributed by atoms with E-state index in [4.69, 9.17) is 10.5 Å². The third-order valence-corrected chi connectivity index (χ3v) is 3.04. The molecule has 1 aromatic rings. The first-order chi connectivity index (χ1) is 7.24. The maximum atomic E-state index is 5.80. The predicted molar refractivity (Wildman–Crippen MR) is 64.1 cm³/mol. The van der Waals surface area contributed by atoms with Crippen LogP contribution in [0.2, 0.25) is 0 Å². The number of aromatic nitrogens is 1. The second kappa shape index (κ2) is 6.82. The van der Waals surface area contributed by atoms with Crippen LogP contribution in [0.25, 0.3) is 0 Å². The zero-order valence-corrected chi connectivity index (χ0v) is 10.1. The van der Waals surface area contributed by atoms with E-state index in [1.54, 1.807) is 18.9 Å². The smallest absolute Gasteiger partial charge is 0.0963 e. The minimum absolute atomic E-state index is 0.0753. The Labute approximate surface area is 95.4 Å². The van der Waals surface area contributed by atoms with Gasteiger partial charge in [-0.1, -0.05) is 0 Å². The Morgan fingerprint density at radius 3 is 3.07 bits per heavy atom. The summed E-state index contributed by atoms with van der Waals surface area (Å²) in [5.74, 6) is 1.03. The lowest BCUT2D eigenvalue weighted by molar-refractivity contribution is 0.200. The summed E-state index contributed by atoms with van der Waals surface area (Å²) in [6.45, 7) is 2.79. The Balaban J connectivity index is 2.43. The monoisotopic (exact) mass is 226 g/mol. The normalized spacial score (nSPS) is 12.7. The van der Waals surface area contributed by atoms with E-state index >= 15 is 0 Å². The van der Waals surface area contributed by atoms with Crippen molar-refractivity contribution >= 4 is 11.8 Å². The molecule has 4 heteroatoms. The van der Waals surface area contributed by atoms with Gasteiger partial charge < -0.3 is 10.5 Å². The molecule has 84 valence electrons. The van der Waals surface area contributed by atoms with Gasteiger partial charge in [0, 0.05) is 31.7 Å². The van der Waals surface area contributed by atoms with Gasteiger partial charge in [-0.15, -0.1) is 11.8 Å². The van der Waals surface area contributed by atoms with Gasteiger partial charge in [0.15, 0.2) is 0 Å². The largest absolute Gasteiger partial charge is 0.385 e. The van der Waals surface area contributed by atoms with Gasteiger partial charge in [-0.2, -0.15) is 0 Å². The topological polar surface area (TPSA) is 48.1 Å². The molecule has 0 spiro atoms. The molecule has 1 rings (SSSR count). The predicted octanol–water partition coefficient (Wildman–Crippen LogP) is 2.23. The number of rotatable bonds is 6. The van der Waals surface area contributed by atoms with Crippen molar-refractivity contribution < 1.29 is 4.74 Å². The standard InChI is InChI=1S/C11H18N2OS/c1-9(12)10-4-5-13-11(8-10)15-7-3-6-14-2/h4-5,8-9H,3,6-7,12H2,1-2H3/t9-/m1/s1. The van der Waals surface area contributed by atoms with Gasteiger partial charge in [-0.05, 0) is 31.0 Å². The molecule has 0 aliphatic rings. The summed E-state index contributed by atoms with van der Waals surface area (Å²) >= 11 is 1.75. The molecule has 1 heterocycles. The highest BCUT2D eigenvalue weighted by atomic mass is 32.2. The van der Waals surface area contributed by atoms with Gasteiger partial charge in [0.25, 0.3) is 0 Å². The lowest BCUT2D eigenvalue weighted by atomic mass is 10.1. The molecule has 0 amide bonds. The number of hydrogen-bond acceptors (Lipinski definition) is 4. The molecule has 1 aromatic heterocycles. The molecule has 0 aliphatic carbocycles. The summed E-state index contributed by atoms with van der Waals surface area (Å²) in [5.41, 5.74) is 6.94. The van der Waals surface area contributed by atoms with Crippen LogP contribution in [0.3, 0.4) is 0 Å². The third-order valence-electron chi connectivity index (χ3n) is 2.03. The Morgan fingerprint density at radius 2 is 2.40 bits per heavy atom. The highest BCUT2D eigenvalue weighted by Crippen LogP contribution is 2.19. The van der Waals surface area contributed by atoms with Gasteiger partial charge >= 0.3 is 0 Å². The van der Waals surface area contributed by atoms with E-state index in [9.17, 15) is 0 Å². The number of ether oxygens (including phenoxy) is 1. The Kier molecular flexibility index (Phi) is 5.68. The molecule has 0 saturated carbocycles. The van der Waals surface area contributed by atoms with Crippen LogP contribution in [0.5, 0.6) is 0 Å². The summed E-state index contributed by atoms with van der Waals surface area (Å²) in [7, 11) is 1.72.